The van der Waals surface area contributed by atoms with Crippen LogP contribution in [0.25, 0.3) is 10.8 Å². The van der Waals surface area contributed by atoms with Crippen LogP contribution in [0.15, 0.2) is 66.7 Å². The average Bonchev–Trinajstić information content (AvgIpc) is 3.01. The Morgan fingerprint density at radius 1 is 1.03 bits per heavy atom. The van der Waals surface area contributed by atoms with E-state index in [1.54, 1.807) is 31.2 Å². The van der Waals surface area contributed by atoms with E-state index in [1.807, 2.05) is 50.2 Å². The number of carbonyl (C=O) groups is 3. The molecule has 2 N–H and O–H groups in total. The van der Waals surface area contributed by atoms with E-state index < -0.39 is 35.3 Å². The van der Waals surface area contributed by atoms with Gasteiger partial charge in [-0.1, -0.05) is 68.4 Å². The fourth-order valence-electron chi connectivity index (χ4n) is 4.16. The van der Waals surface area contributed by atoms with Crippen LogP contribution in [0.2, 0.25) is 0 Å². The summed E-state index contributed by atoms with van der Waals surface area (Å²) in [6.45, 7) is 5.00. The van der Waals surface area contributed by atoms with Crippen molar-refractivity contribution in [3.63, 3.8) is 0 Å². The molecule has 0 aromatic heterocycles. The number of imide groups is 1. The number of urea groups is 1. The first kappa shape index (κ1) is 22.5. The van der Waals surface area contributed by atoms with Gasteiger partial charge in [-0.25, -0.2) is 9.18 Å². The maximum Gasteiger partial charge on any atom is 0.325 e. The van der Waals surface area contributed by atoms with E-state index in [4.69, 9.17) is 0 Å². The van der Waals surface area contributed by atoms with Gasteiger partial charge in [0, 0.05) is 12.0 Å². The van der Waals surface area contributed by atoms with Crippen LogP contribution in [0, 0.1) is 5.82 Å². The summed E-state index contributed by atoms with van der Waals surface area (Å²) in [5.41, 5.74) is -0.821. The predicted molar refractivity (Wildman–Crippen MR) is 124 cm³/mol. The van der Waals surface area contributed by atoms with Gasteiger partial charge in [-0.3, -0.25) is 14.5 Å². The highest BCUT2D eigenvalue weighted by atomic mass is 19.1. The molecule has 1 fully saturated rings. The molecule has 170 valence electrons. The average molecular weight is 448 g/mol. The molecule has 1 aliphatic rings. The lowest BCUT2D eigenvalue weighted by Gasteiger charge is -2.26. The van der Waals surface area contributed by atoms with E-state index in [-0.39, 0.29) is 12.4 Å². The third-order valence-corrected chi connectivity index (χ3v) is 6.23. The van der Waals surface area contributed by atoms with Gasteiger partial charge in [0.1, 0.15) is 17.9 Å². The molecular formula is C26H26FN3O3. The van der Waals surface area contributed by atoms with Gasteiger partial charge >= 0.3 is 6.03 Å². The van der Waals surface area contributed by atoms with Gasteiger partial charge < -0.3 is 10.6 Å². The molecular weight excluding hydrogens is 421 g/mol. The van der Waals surface area contributed by atoms with Gasteiger partial charge in [0.25, 0.3) is 5.91 Å². The number of hydrogen-bond donors (Lipinski definition) is 2. The molecule has 0 radical (unpaired) electrons. The van der Waals surface area contributed by atoms with Crippen molar-refractivity contribution in [2.45, 2.75) is 31.7 Å². The molecule has 1 aliphatic heterocycles. The van der Waals surface area contributed by atoms with Gasteiger partial charge in [-0.15, -0.1) is 0 Å². The molecule has 1 saturated heterocycles. The lowest BCUT2D eigenvalue weighted by molar-refractivity contribution is -0.134. The molecule has 0 saturated carbocycles. The molecule has 0 bridgehead atoms. The second kappa shape index (κ2) is 8.31. The number of nitrogens with zero attached hydrogens (tertiary/aromatic N) is 1. The second-order valence-corrected chi connectivity index (χ2v) is 9.15. The van der Waals surface area contributed by atoms with E-state index in [0.717, 1.165) is 15.7 Å². The van der Waals surface area contributed by atoms with Crippen LogP contribution in [-0.4, -0.2) is 35.8 Å². The molecule has 1 atom stereocenters. The summed E-state index contributed by atoms with van der Waals surface area (Å²) in [5.74, 6) is -1.34. The number of hydrogen-bond acceptors (Lipinski definition) is 3. The standard InChI is InChI=1S/C26H26FN3O3/c1-25(2,20-10-6-7-11-21(20)27)16-28-22(31)15-30-23(32)26(3,29-24(30)33)19-13-12-17-8-4-5-9-18(17)14-19/h4-14H,15-16H2,1-3H3,(H,28,31)(H,29,33). The minimum atomic E-state index is -1.27. The van der Waals surface area contributed by atoms with Crippen LogP contribution in [0.1, 0.15) is 31.9 Å². The van der Waals surface area contributed by atoms with Gasteiger partial charge in [0.05, 0.1) is 0 Å². The molecule has 3 aromatic carbocycles. The third-order valence-electron chi connectivity index (χ3n) is 6.23. The normalized spacial score (nSPS) is 18.5. The maximum absolute atomic E-state index is 14.2. The molecule has 0 spiro atoms. The van der Waals surface area contributed by atoms with Crippen molar-refractivity contribution in [2.24, 2.45) is 0 Å². The van der Waals surface area contributed by atoms with Crippen molar-refractivity contribution < 1.29 is 18.8 Å². The number of fused-ring (bicyclic) bond motifs is 1. The summed E-state index contributed by atoms with van der Waals surface area (Å²) in [6, 6.07) is 19.1. The zero-order valence-corrected chi connectivity index (χ0v) is 18.8. The fourth-order valence-corrected chi connectivity index (χ4v) is 4.16. The third kappa shape index (κ3) is 4.18. The summed E-state index contributed by atoms with van der Waals surface area (Å²) in [7, 11) is 0. The Morgan fingerprint density at radius 2 is 1.70 bits per heavy atom. The highest BCUT2D eigenvalue weighted by molar-refractivity contribution is 6.09. The molecule has 33 heavy (non-hydrogen) atoms. The molecule has 6 nitrogen and oxygen atoms in total. The Kier molecular flexibility index (Phi) is 5.66. The lowest BCUT2D eigenvalue weighted by Crippen LogP contribution is -2.45. The molecule has 3 aromatic rings. The van der Waals surface area contributed by atoms with Crippen molar-refractivity contribution >= 4 is 28.6 Å². The van der Waals surface area contributed by atoms with Crippen molar-refractivity contribution in [1.29, 1.82) is 0 Å². The first-order chi connectivity index (χ1) is 15.6. The Labute approximate surface area is 191 Å². The van der Waals surface area contributed by atoms with Crippen LogP contribution < -0.4 is 10.6 Å². The molecule has 7 heteroatoms. The topological polar surface area (TPSA) is 78.5 Å². The first-order valence-electron chi connectivity index (χ1n) is 10.8. The minimum Gasteiger partial charge on any atom is -0.354 e. The van der Waals surface area contributed by atoms with E-state index in [0.29, 0.717) is 11.1 Å². The van der Waals surface area contributed by atoms with Crippen molar-refractivity contribution in [3.05, 3.63) is 83.7 Å². The zero-order chi connectivity index (χ0) is 23.8. The number of nitrogens with one attached hydrogen (secondary N) is 2. The fraction of sp³-hybridized carbons (Fsp3) is 0.269. The number of carbonyl (C=O) groups excluding carboxylic acids is 3. The van der Waals surface area contributed by atoms with Crippen molar-refractivity contribution in [2.75, 3.05) is 13.1 Å². The van der Waals surface area contributed by atoms with Crippen LogP contribution >= 0.6 is 0 Å². The van der Waals surface area contributed by atoms with Crippen molar-refractivity contribution in [1.82, 2.24) is 15.5 Å². The quantitative estimate of drug-likeness (QED) is 0.564. The van der Waals surface area contributed by atoms with E-state index in [1.165, 1.54) is 6.07 Å². The summed E-state index contributed by atoms with van der Waals surface area (Å²) in [4.78, 5) is 39.3. The SMILES string of the molecule is CC(C)(CNC(=O)CN1C(=O)NC(C)(c2ccc3ccccc3c2)C1=O)c1ccccc1F. The second-order valence-electron chi connectivity index (χ2n) is 9.15. The Hall–Kier alpha value is -3.74. The Morgan fingerprint density at radius 3 is 2.42 bits per heavy atom. The van der Waals surface area contributed by atoms with Gasteiger partial charge in [-0.05, 0) is 41.0 Å². The Balaban J connectivity index is 1.46. The van der Waals surface area contributed by atoms with Crippen LogP contribution in [0.3, 0.4) is 0 Å². The van der Waals surface area contributed by atoms with Gasteiger partial charge in [0.15, 0.2) is 0 Å². The Bertz CT molecular complexity index is 1260. The molecule has 1 heterocycles. The summed E-state index contributed by atoms with van der Waals surface area (Å²) in [6.07, 6.45) is 0. The van der Waals surface area contributed by atoms with E-state index >= 15 is 0 Å². The van der Waals surface area contributed by atoms with Crippen molar-refractivity contribution in [3.8, 4) is 0 Å². The lowest BCUT2D eigenvalue weighted by atomic mass is 9.84. The highest BCUT2D eigenvalue weighted by Gasteiger charge is 2.49. The maximum atomic E-state index is 14.2. The zero-order valence-electron chi connectivity index (χ0n) is 18.8. The van der Waals surface area contributed by atoms with Crippen LogP contribution in [0.5, 0.6) is 0 Å². The molecule has 4 amide bonds. The van der Waals surface area contributed by atoms with Gasteiger partial charge in [0.2, 0.25) is 5.91 Å². The number of benzene rings is 3. The number of amides is 4. The first-order valence-corrected chi connectivity index (χ1v) is 10.8. The molecule has 1 unspecified atom stereocenters. The summed E-state index contributed by atoms with van der Waals surface area (Å²) < 4.78 is 14.2. The number of rotatable bonds is 6. The molecule has 0 aliphatic carbocycles. The monoisotopic (exact) mass is 447 g/mol. The van der Waals surface area contributed by atoms with Gasteiger partial charge in [-0.2, -0.15) is 0 Å². The molecule has 4 rings (SSSR count). The number of halogens is 1. The predicted octanol–water partition coefficient (Wildman–Crippen LogP) is 3.84. The minimum absolute atomic E-state index is 0.151. The van der Waals surface area contributed by atoms with Crippen LogP contribution in [0.4, 0.5) is 9.18 Å². The smallest absolute Gasteiger partial charge is 0.325 e. The van der Waals surface area contributed by atoms with E-state index in [2.05, 4.69) is 10.6 Å². The highest BCUT2D eigenvalue weighted by Crippen LogP contribution is 2.31. The summed E-state index contributed by atoms with van der Waals surface area (Å²) in [5, 5.41) is 7.43. The summed E-state index contributed by atoms with van der Waals surface area (Å²) >= 11 is 0. The van der Waals surface area contributed by atoms with Crippen LogP contribution in [-0.2, 0) is 20.5 Å². The largest absolute Gasteiger partial charge is 0.354 e. The van der Waals surface area contributed by atoms with E-state index in [9.17, 15) is 18.8 Å².